The number of carbonyl (C=O) groups excluding carboxylic acids is 1. The summed E-state index contributed by atoms with van der Waals surface area (Å²) in [6.07, 6.45) is -0.414. The van der Waals surface area contributed by atoms with Gasteiger partial charge in [0.1, 0.15) is 22.3 Å². The second-order valence-corrected chi connectivity index (χ2v) is 17.9. The summed E-state index contributed by atoms with van der Waals surface area (Å²) >= 11 is 2.45. The van der Waals surface area contributed by atoms with Crippen LogP contribution in [0.2, 0.25) is 0 Å². The first-order valence-corrected chi connectivity index (χ1v) is 22.0. The van der Waals surface area contributed by atoms with Gasteiger partial charge < -0.3 is 44.3 Å². The number of aryl methyl sites for hydroxylation is 2. The van der Waals surface area contributed by atoms with Gasteiger partial charge in [-0.2, -0.15) is 0 Å². The summed E-state index contributed by atoms with van der Waals surface area (Å²) in [7, 11) is -0.0273. The molecule has 1 atom stereocenters. The number of nitrogens with one attached hydrogen (secondary N) is 3. The average molecular weight is 896 g/mol. The first-order chi connectivity index (χ1) is 28.5. The van der Waals surface area contributed by atoms with Gasteiger partial charge in [-0.15, -0.1) is 22.7 Å². The zero-order valence-corrected chi connectivity index (χ0v) is 36.3. The molecule has 0 radical (unpaired) electrons. The highest BCUT2D eigenvalue weighted by molar-refractivity contribution is 7.54. The topological polar surface area (TPSA) is 237 Å². The number of aromatic nitrogens is 4. The van der Waals surface area contributed by atoms with Gasteiger partial charge >= 0.3 is 19.5 Å². The molecule has 4 aromatic heterocycles. The lowest BCUT2D eigenvalue weighted by atomic mass is 10.1. The van der Waals surface area contributed by atoms with E-state index >= 15 is 0 Å². The zero-order chi connectivity index (χ0) is 43.7. The van der Waals surface area contributed by atoms with Crippen molar-refractivity contribution in [1.29, 1.82) is 0 Å². The molecule has 1 amide bonds. The molecule has 0 fully saturated rings. The number of benzene rings is 2. The lowest BCUT2D eigenvalue weighted by Gasteiger charge is -2.26. The third-order valence-electron chi connectivity index (χ3n) is 8.92. The number of fused-ring (bicyclic) bond motifs is 2. The molecule has 17 nitrogen and oxygen atoms in total. The molecular weight excluding hydrogens is 846 g/mol. The van der Waals surface area contributed by atoms with Gasteiger partial charge in [0.05, 0.1) is 49.9 Å². The SMILES string of the molecule is C.CCOP(=O)(OCC)[C@H](CCC(=O)O)NC(=O)c1ccc(N(C)Cc2ccc3nc(C)[nH]c(=O)c3c2)s1.Cc1nc2ccc(CN(C)c3ccc(C(=O)O)s3)cc2c(=O)[nH]1. The van der Waals surface area contributed by atoms with Gasteiger partial charge in [-0.05, 0) is 93.8 Å². The number of aromatic carboxylic acids is 1. The molecule has 0 unspecified atom stereocenters. The predicted molar refractivity (Wildman–Crippen MR) is 240 cm³/mol. The maximum atomic E-state index is 13.3. The van der Waals surface area contributed by atoms with Crippen molar-refractivity contribution >= 4 is 79.9 Å². The molecule has 0 saturated carbocycles. The maximum absolute atomic E-state index is 13.3. The molecule has 4 heterocycles. The van der Waals surface area contributed by atoms with E-state index in [1.165, 1.54) is 22.7 Å². The summed E-state index contributed by atoms with van der Waals surface area (Å²) in [5.41, 5.74) is 2.80. The van der Waals surface area contributed by atoms with Crippen LogP contribution in [0.15, 0.2) is 70.3 Å². The molecular formula is C41H50N7O10PS2. The van der Waals surface area contributed by atoms with Crippen LogP contribution in [-0.4, -0.2) is 81.1 Å². The molecule has 6 rings (SSSR count). The number of rotatable bonds is 17. The van der Waals surface area contributed by atoms with E-state index in [9.17, 15) is 28.5 Å². The van der Waals surface area contributed by atoms with Crippen LogP contribution in [0.1, 0.15) is 76.2 Å². The number of amides is 1. The Morgan fingerprint density at radius 2 is 1.23 bits per heavy atom. The van der Waals surface area contributed by atoms with E-state index in [0.717, 1.165) is 21.1 Å². The monoisotopic (exact) mass is 895 g/mol. The largest absolute Gasteiger partial charge is 0.481 e. The summed E-state index contributed by atoms with van der Waals surface area (Å²) in [4.78, 5) is 78.0. The normalized spacial score (nSPS) is 11.6. The van der Waals surface area contributed by atoms with Crippen molar-refractivity contribution < 1.29 is 38.2 Å². The minimum absolute atomic E-state index is 0. The molecule has 20 heteroatoms. The van der Waals surface area contributed by atoms with Crippen LogP contribution < -0.4 is 26.2 Å². The van der Waals surface area contributed by atoms with Crippen LogP contribution in [0.3, 0.4) is 0 Å². The highest BCUT2D eigenvalue weighted by Gasteiger charge is 2.37. The van der Waals surface area contributed by atoms with E-state index in [2.05, 4.69) is 25.3 Å². The van der Waals surface area contributed by atoms with Crippen molar-refractivity contribution in [3.05, 3.63) is 114 Å². The van der Waals surface area contributed by atoms with E-state index in [1.54, 1.807) is 64.1 Å². The fraction of sp³-hybridized carbons (Fsp3) is 0.341. The zero-order valence-electron chi connectivity index (χ0n) is 33.8. The number of thiophene rings is 2. The van der Waals surface area contributed by atoms with Gasteiger partial charge in [-0.25, -0.2) is 14.8 Å². The number of aromatic amines is 2. The van der Waals surface area contributed by atoms with Crippen molar-refractivity contribution in [2.24, 2.45) is 0 Å². The Morgan fingerprint density at radius 1 is 0.770 bits per heavy atom. The quantitative estimate of drug-likeness (QED) is 0.0562. The van der Waals surface area contributed by atoms with Crippen molar-refractivity contribution in [2.75, 3.05) is 37.1 Å². The van der Waals surface area contributed by atoms with Crippen LogP contribution >= 0.6 is 30.3 Å². The molecule has 61 heavy (non-hydrogen) atoms. The van der Waals surface area contributed by atoms with Gasteiger partial charge in [0, 0.05) is 33.6 Å². The minimum Gasteiger partial charge on any atom is -0.481 e. The minimum atomic E-state index is -3.78. The molecule has 2 aromatic carbocycles. The fourth-order valence-electron chi connectivity index (χ4n) is 6.18. The number of carboxylic acid groups (broad SMARTS) is 2. The van der Waals surface area contributed by atoms with Crippen LogP contribution in [0.4, 0.5) is 10.0 Å². The van der Waals surface area contributed by atoms with Crippen molar-refractivity contribution in [2.45, 2.75) is 66.8 Å². The third-order valence-corrected chi connectivity index (χ3v) is 13.7. The van der Waals surface area contributed by atoms with E-state index in [4.69, 9.17) is 19.3 Å². The number of hydrogen-bond acceptors (Lipinski definition) is 14. The number of nitrogens with zero attached hydrogens (tertiary/aromatic N) is 4. The summed E-state index contributed by atoms with van der Waals surface area (Å²) in [6, 6.07) is 17.9. The number of carboxylic acids is 2. The summed E-state index contributed by atoms with van der Waals surface area (Å²) in [6.45, 7) is 7.99. The summed E-state index contributed by atoms with van der Waals surface area (Å²) < 4.78 is 24.0. The van der Waals surface area contributed by atoms with E-state index in [0.29, 0.717) is 56.3 Å². The highest BCUT2D eigenvalue weighted by atomic mass is 32.1. The maximum Gasteiger partial charge on any atom is 0.352 e. The van der Waals surface area contributed by atoms with Crippen LogP contribution in [0, 0.1) is 13.8 Å². The van der Waals surface area contributed by atoms with Crippen LogP contribution in [0.5, 0.6) is 0 Å². The Labute approximate surface area is 359 Å². The number of aliphatic carboxylic acids is 1. The van der Waals surface area contributed by atoms with Crippen LogP contribution in [0.25, 0.3) is 21.8 Å². The van der Waals surface area contributed by atoms with Gasteiger partial charge in [0.25, 0.3) is 17.0 Å². The van der Waals surface area contributed by atoms with Crippen molar-refractivity contribution in [3.8, 4) is 0 Å². The average Bonchev–Trinajstić information content (AvgIpc) is 3.89. The van der Waals surface area contributed by atoms with Gasteiger partial charge in [0.2, 0.25) is 0 Å². The number of hydrogen-bond donors (Lipinski definition) is 5. The molecule has 0 bridgehead atoms. The Balaban J connectivity index is 0.000000292. The molecule has 0 aliphatic carbocycles. The first-order valence-electron chi connectivity index (χ1n) is 18.8. The summed E-state index contributed by atoms with van der Waals surface area (Å²) in [5.74, 6) is -2.47. The van der Waals surface area contributed by atoms with Crippen molar-refractivity contribution in [1.82, 2.24) is 25.3 Å². The van der Waals surface area contributed by atoms with E-state index < -0.39 is 31.2 Å². The first kappa shape index (κ1) is 48.0. The third kappa shape index (κ3) is 12.4. The molecule has 6 aromatic rings. The Hall–Kier alpha value is -5.72. The smallest absolute Gasteiger partial charge is 0.352 e. The summed E-state index contributed by atoms with van der Waals surface area (Å²) in [5, 5.41) is 23.5. The van der Waals surface area contributed by atoms with Gasteiger partial charge in [-0.1, -0.05) is 19.6 Å². The molecule has 0 aliphatic rings. The number of anilines is 2. The number of carbonyl (C=O) groups is 3. The fourth-order valence-corrected chi connectivity index (χ4v) is 9.73. The highest BCUT2D eigenvalue weighted by Crippen LogP contribution is 2.53. The predicted octanol–water partition coefficient (Wildman–Crippen LogP) is 7.38. The molecule has 5 N–H and O–H groups in total. The molecule has 0 aliphatic heterocycles. The van der Waals surface area contributed by atoms with Crippen LogP contribution in [-0.2, 0) is 31.5 Å². The lowest BCUT2D eigenvalue weighted by Crippen LogP contribution is -2.36. The second-order valence-electron chi connectivity index (χ2n) is 13.6. The Morgan fingerprint density at radius 3 is 1.66 bits per heavy atom. The van der Waals surface area contributed by atoms with Gasteiger partial charge in [-0.3, -0.25) is 23.7 Å². The molecule has 326 valence electrons. The number of H-pyrrole nitrogens is 2. The van der Waals surface area contributed by atoms with Gasteiger partial charge in [0.15, 0.2) is 0 Å². The standard InChI is InChI=1S/C24H31N4O7PS.C16H15N3O3S.CH4/c1-5-34-36(33,35-6-2)20(10-12-22(29)30)27-24(32)19-9-11-21(37-19)28(4)14-16-7-8-18-17(13-16)23(31)26-15(3)25-18;1-9-17-12-4-3-10(7-11(12)15(20)18-9)8-19(2)14-6-5-13(23-14)16(21)22;/h7-9,11,13,20H,5-6,10,12,14H2,1-4H3,(H,27,32)(H,29,30)(H,25,26,31);3-7H,8H2,1-2H3,(H,21,22)(H,17,18,20);1H4/t20-;;/m1../s1. The Bertz CT molecular complexity index is 2670. The molecule has 0 saturated heterocycles. The van der Waals surface area contributed by atoms with E-state index in [1.807, 2.05) is 48.2 Å². The van der Waals surface area contributed by atoms with Crippen molar-refractivity contribution in [3.63, 3.8) is 0 Å². The second kappa shape index (κ2) is 21.2. The van der Waals surface area contributed by atoms with E-state index in [-0.39, 0.29) is 44.6 Å². The molecule has 0 spiro atoms. The lowest BCUT2D eigenvalue weighted by molar-refractivity contribution is -0.137. The Kier molecular flexibility index (Phi) is 16.7.